The zero-order chi connectivity index (χ0) is 36.8. The van der Waals surface area contributed by atoms with Crippen LogP contribution in [0.3, 0.4) is 0 Å². The molecule has 0 aliphatic heterocycles. The van der Waals surface area contributed by atoms with E-state index in [1.165, 1.54) is 89.9 Å². The van der Waals surface area contributed by atoms with Gasteiger partial charge < -0.3 is 20.3 Å². The summed E-state index contributed by atoms with van der Waals surface area (Å²) >= 11 is 0. The monoisotopic (exact) mass is 704 g/mol. The normalized spacial score (nSPS) is 13.8. The third-order valence-electron chi connectivity index (χ3n) is 9.54. The zero-order valence-electron chi connectivity index (χ0n) is 33.0. The van der Waals surface area contributed by atoms with Crippen LogP contribution in [0.25, 0.3) is 0 Å². The molecule has 50 heavy (non-hydrogen) atoms. The van der Waals surface area contributed by atoms with Crippen LogP contribution in [-0.4, -0.2) is 46.9 Å². The van der Waals surface area contributed by atoms with E-state index in [9.17, 15) is 19.8 Å². The van der Waals surface area contributed by atoms with Crippen molar-refractivity contribution in [1.29, 1.82) is 0 Å². The molecule has 0 heterocycles. The van der Waals surface area contributed by atoms with Crippen LogP contribution >= 0.6 is 0 Å². The Labute approximate surface area is 309 Å². The van der Waals surface area contributed by atoms with Gasteiger partial charge >= 0.3 is 5.97 Å². The van der Waals surface area contributed by atoms with Gasteiger partial charge in [-0.15, -0.1) is 0 Å². The molecule has 3 N–H and O–H groups in total. The molecule has 0 spiro atoms. The van der Waals surface area contributed by atoms with Crippen LogP contribution in [0, 0.1) is 0 Å². The minimum Gasteiger partial charge on any atom is -0.462 e. The maximum atomic E-state index is 13.0. The predicted octanol–water partition coefficient (Wildman–Crippen LogP) is 11.8. The van der Waals surface area contributed by atoms with Gasteiger partial charge in [-0.25, -0.2) is 0 Å². The maximum Gasteiger partial charge on any atom is 0.306 e. The Morgan fingerprint density at radius 3 is 1.62 bits per heavy atom. The first kappa shape index (κ1) is 48.1. The van der Waals surface area contributed by atoms with Gasteiger partial charge in [0.1, 0.15) is 6.10 Å². The molecule has 1 amide bonds. The highest BCUT2D eigenvalue weighted by Gasteiger charge is 2.24. The summed E-state index contributed by atoms with van der Waals surface area (Å²) in [5.41, 5.74) is 0. The molecule has 0 bridgehead atoms. The first-order valence-electron chi connectivity index (χ1n) is 21.2. The smallest absolute Gasteiger partial charge is 0.306 e. The number of hydrogen-bond donors (Lipinski definition) is 3. The Balaban J connectivity index is 4.65. The molecule has 0 saturated carbocycles. The summed E-state index contributed by atoms with van der Waals surface area (Å²) in [5, 5.41) is 23.5. The van der Waals surface area contributed by atoms with Gasteiger partial charge in [-0.3, -0.25) is 9.59 Å². The molecule has 0 radical (unpaired) electrons. The number of carbonyl (C=O) groups excluding carboxylic acids is 2. The van der Waals surface area contributed by atoms with Gasteiger partial charge in [-0.05, 0) is 44.9 Å². The molecule has 6 heteroatoms. The molecule has 292 valence electrons. The lowest BCUT2D eigenvalue weighted by atomic mass is 10.0. The van der Waals surface area contributed by atoms with Crippen molar-refractivity contribution >= 4 is 11.9 Å². The number of aliphatic hydroxyl groups excluding tert-OH is 2. The molecule has 0 rings (SSSR count). The van der Waals surface area contributed by atoms with E-state index in [2.05, 4.69) is 50.4 Å². The van der Waals surface area contributed by atoms with Crippen LogP contribution in [0.15, 0.2) is 36.5 Å². The summed E-state index contributed by atoms with van der Waals surface area (Å²) < 4.78 is 5.86. The van der Waals surface area contributed by atoms with E-state index in [0.29, 0.717) is 19.3 Å². The second-order valence-corrected chi connectivity index (χ2v) is 14.4. The van der Waals surface area contributed by atoms with Crippen molar-refractivity contribution in [2.45, 2.75) is 225 Å². The molecule has 6 nitrogen and oxygen atoms in total. The quantitative estimate of drug-likeness (QED) is 0.0340. The molecule has 0 aromatic carbocycles. The van der Waals surface area contributed by atoms with Crippen LogP contribution in [0.2, 0.25) is 0 Å². The Bertz CT molecular complexity index is 838. The SMILES string of the molecule is CC/C=C/C=C/C=C\CCCCCC(CC(=O)NC(CO)C(O)CCCCCCCCCCC)OC(=O)CCCCCCCCCCCCC. The molecule has 0 aliphatic carbocycles. The summed E-state index contributed by atoms with van der Waals surface area (Å²) in [7, 11) is 0. The molecular weight excluding hydrogens is 622 g/mol. The fourth-order valence-corrected chi connectivity index (χ4v) is 6.31. The number of carbonyl (C=O) groups is 2. The summed E-state index contributed by atoms with van der Waals surface area (Å²) in [6, 6.07) is -0.706. The second-order valence-electron chi connectivity index (χ2n) is 14.4. The number of aliphatic hydroxyl groups is 2. The summed E-state index contributed by atoms with van der Waals surface area (Å²) in [5.74, 6) is -0.510. The van der Waals surface area contributed by atoms with E-state index in [0.717, 1.165) is 70.6 Å². The summed E-state index contributed by atoms with van der Waals surface area (Å²) in [4.78, 5) is 25.8. The number of rotatable bonds is 37. The van der Waals surface area contributed by atoms with Crippen molar-refractivity contribution in [3.8, 4) is 0 Å². The van der Waals surface area contributed by atoms with E-state index in [-0.39, 0.29) is 24.9 Å². The summed E-state index contributed by atoms with van der Waals surface area (Å²) in [6.45, 7) is 6.29. The van der Waals surface area contributed by atoms with Crippen molar-refractivity contribution in [3.05, 3.63) is 36.5 Å². The van der Waals surface area contributed by atoms with Crippen molar-refractivity contribution in [3.63, 3.8) is 0 Å². The lowest BCUT2D eigenvalue weighted by molar-refractivity contribution is -0.151. The van der Waals surface area contributed by atoms with Crippen molar-refractivity contribution in [2.24, 2.45) is 0 Å². The fourth-order valence-electron chi connectivity index (χ4n) is 6.31. The van der Waals surface area contributed by atoms with Crippen LogP contribution in [-0.2, 0) is 14.3 Å². The van der Waals surface area contributed by atoms with E-state index in [4.69, 9.17) is 4.74 Å². The highest BCUT2D eigenvalue weighted by atomic mass is 16.5. The largest absolute Gasteiger partial charge is 0.462 e. The van der Waals surface area contributed by atoms with Gasteiger partial charge in [-0.1, -0.05) is 186 Å². The number of unbranched alkanes of at least 4 members (excludes halogenated alkanes) is 21. The van der Waals surface area contributed by atoms with Crippen molar-refractivity contribution in [2.75, 3.05) is 6.61 Å². The lowest BCUT2D eigenvalue weighted by Gasteiger charge is -2.24. The lowest BCUT2D eigenvalue weighted by Crippen LogP contribution is -2.46. The topological polar surface area (TPSA) is 95.9 Å². The van der Waals surface area contributed by atoms with Gasteiger partial charge in [0, 0.05) is 6.42 Å². The summed E-state index contributed by atoms with van der Waals surface area (Å²) in [6.07, 6.45) is 42.1. The minimum absolute atomic E-state index is 0.0568. The number of hydrogen-bond acceptors (Lipinski definition) is 5. The average Bonchev–Trinajstić information content (AvgIpc) is 3.10. The Hall–Kier alpha value is -1.92. The third-order valence-corrected chi connectivity index (χ3v) is 9.54. The molecule has 3 atom stereocenters. The highest BCUT2D eigenvalue weighted by Crippen LogP contribution is 2.17. The molecule has 0 aromatic rings. The first-order valence-corrected chi connectivity index (χ1v) is 21.2. The van der Waals surface area contributed by atoms with E-state index >= 15 is 0 Å². The number of amides is 1. The zero-order valence-corrected chi connectivity index (χ0v) is 33.0. The average molecular weight is 704 g/mol. The van der Waals surface area contributed by atoms with Crippen LogP contribution < -0.4 is 5.32 Å². The van der Waals surface area contributed by atoms with Crippen LogP contribution in [0.4, 0.5) is 0 Å². The minimum atomic E-state index is -0.791. The van der Waals surface area contributed by atoms with Gasteiger partial charge in [0.15, 0.2) is 0 Å². The molecule has 0 aliphatic rings. The number of allylic oxidation sites excluding steroid dienone is 6. The van der Waals surface area contributed by atoms with Gasteiger partial charge in [0.2, 0.25) is 5.91 Å². The van der Waals surface area contributed by atoms with Crippen LogP contribution in [0.1, 0.15) is 207 Å². The van der Waals surface area contributed by atoms with Crippen LogP contribution in [0.5, 0.6) is 0 Å². The van der Waals surface area contributed by atoms with Crippen molar-refractivity contribution < 1.29 is 24.5 Å². The van der Waals surface area contributed by atoms with E-state index < -0.39 is 18.2 Å². The number of esters is 1. The van der Waals surface area contributed by atoms with Gasteiger partial charge in [-0.2, -0.15) is 0 Å². The molecular formula is C44H81NO5. The standard InChI is InChI=1S/C44H81NO5/c1-4-7-10-13-16-19-21-24-26-29-32-35-40(50-44(49)37-34-31-28-25-22-20-17-14-11-8-5-2)38-43(48)45-41(39-46)42(47)36-33-30-27-23-18-15-12-9-6-3/h7,10,13,16,19,21,40-42,46-47H,4-6,8-9,11-12,14-15,17-18,20,22-39H2,1-3H3,(H,45,48)/b10-7+,16-13+,21-19-. The predicted molar refractivity (Wildman–Crippen MR) is 213 cm³/mol. The molecule has 3 unspecified atom stereocenters. The van der Waals surface area contributed by atoms with Crippen molar-refractivity contribution in [1.82, 2.24) is 5.32 Å². The fraction of sp³-hybridized carbons (Fsp3) is 0.818. The molecule has 0 fully saturated rings. The Morgan fingerprint density at radius 2 is 1.08 bits per heavy atom. The van der Waals surface area contributed by atoms with E-state index in [1.54, 1.807) is 0 Å². The maximum absolute atomic E-state index is 13.0. The molecule has 0 aromatic heterocycles. The highest BCUT2D eigenvalue weighted by molar-refractivity contribution is 5.77. The van der Waals surface area contributed by atoms with Gasteiger partial charge in [0.25, 0.3) is 0 Å². The Morgan fingerprint density at radius 1 is 0.600 bits per heavy atom. The first-order chi connectivity index (χ1) is 24.5. The number of ether oxygens (including phenoxy) is 1. The number of nitrogens with one attached hydrogen (secondary N) is 1. The molecule has 0 saturated heterocycles. The second kappa shape index (κ2) is 38.3. The van der Waals surface area contributed by atoms with E-state index in [1.807, 2.05) is 12.2 Å². The third kappa shape index (κ3) is 33.2. The van der Waals surface area contributed by atoms with Gasteiger partial charge in [0.05, 0.1) is 25.2 Å². The Kier molecular flexibility index (Phi) is 36.8.